The molecule has 1 aromatic rings. The van der Waals surface area contributed by atoms with E-state index in [9.17, 15) is 4.79 Å². The first kappa shape index (κ1) is 24.7. The number of benzene rings is 1. The number of carbonyl (C=O) groups excluding carboxylic acids is 1. The quantitative estimate of drug-likeness (QED) is 0.260. The maximum Gasteiger partial charge on any atom is 0.254 e. The molecule has 1 amide bonds. The van der Waals surface area contributed by atoms with Gasteiger partial charge in [0.05, 0.1) is 12.2 Å². The summed E-state index contributed by atoms with van der Waals surface area (Å²) in [6.07, 6.45) is 3.74. The van der Waals surface area contributed by atoms with Gasteiger partial charge < -0.3 is 20.3 Å². The average Bonchev–Trinajstić information content (AvgIpc) is 2.66. The van der Waals surface area contributed by atoms with Crippen LogP contribution in [0.5, 0.6) is 0 Å². The molecule has 6 nitrogen and oxygen atoms in total. The number of rotatable bonds is 7. The summed E-state index contributed by atoms with van der Waals surface area (Å²) in [5.74, 6) is 0.882. The van der Waals surface area contributed by atoms with Crippen molar-refractivity contribution in [1.82, 2.24) is 15.5 Å². The lowest BCUT2D eigenvalue weighted by atomic mass is 10.1. The topological polar surface area (TPSA) is 66.0 Å². The number of hydrogen-bond acceptors (Lipinski definition) is 3. The molecule has 7 heteroatoms. The lowest BCUT2D eigenvalue weighted by Gasteiger charge is -2.35. The van der Waals surface area contributed by atoms with Crippen molar-refractivity contribution in [3.05, 3.63) is 35.4 Å². The normalized spacial score (nSPS) is 19.7. The summed E-state index contributed by atoms with van der Waals surface area (Å²) >= 11 is 0. The van der Waals surface area contributed by atoms with Gasteiger partial charge in [0.2, 0.25) is 0 Å². The molecular formula is C21H35IN4O2. The zero-order chi connectivity index (χ0) is 19.6. The zero-order valence-corrected chi connectivity index (χ0v) is 19.9. The molecule has 0 radical (unpaired) electrons. The lowest BCUT2D eigenvalue weighted by Crippen LogP contribution is -2.48. The van der Waals surface area contributed by atoms with Crippen LogP contribution < -0.4 is 10.6 Å². The number of amides is 1. The van der Waals surface area contributed by atoms with E-state index in [-0.39, 0.29) is 42.1 Å². The summed E-state index contributed by atoms with van der Waals surface area (Å²) < 4.78 is 5.71. The maximum absolute atomic E-state index is 12.7. The van der Waals surface area contributed by atoms with Gasteiger partial charge in [-0.25, -0.2) is 0 Å². The zero-order valence-electron chi connectivity index (χ0n) is 17.5. The minimum atomic E-state index is 0. The highest BCUT2D eigenvalue weighted by atomic mass is 127. The van der Waals surface area contributed by atoms with Crippen LogP contribution in [0.1, 0.15) is 56.0 Å². The third-order valence-corrected chi connectivity index (χ3v) is 4.66. The SMILES string of the molecule is CCCCCNC(=NC)NCc1ccc(C(=O)N2CC(C)OC(C)C2)cc1.I. The van der Waals surface area contributed by atoms with Crippen molar-refractivity contribution >= 4 is 35.8 Å². The molecule has 0 bridgehead atoms. The van der Waals surface area contributed by atoms with Gasteiger partial charge in [-0.3, -0.25) is 9.79 Å². The minimum Gasteiger partial charge on any atom is -0.372 e. The van der Waals surface area contributed by atoms with Crippen LogP contribution in [0.4, 0.5) is 0 Å². The fourth-order valence-corrected chi connectivity index (χ4v) is 3.28. The van der Waals surface area contributed by atoms with Gasteiger partial charge in [0, 0.05) is 38.8 Å². The van der Waals surface area contributed by atoms with E-state index in [0.29, 0.717) is 19.6 Å². The molecule has 2 atom stereocenters. The number of nitrogens with zero attached hydrogens (tertiary/aromatic N) is 2. The largest absolute Gasteiger partial charge is 0.372 e. The molecule has 28 heavy (non-hydrogen) atoms. The Morgan fingerprint density at radius 2 is 1.79 bits per heavy atom. The van der Waals surface area contributed by atoms with E-state index in [2.05, 4.69) is 22.5 Å². The Morgan fingerprint density at radius 3 is 2.36 bits per heavy atom. The van der Waals surface area contributed by atoms with E-state index < -0.39 is 0 Å². The van der Waals surface area contributed by atoms with Crippen LogP contribution in [0.3, 0.4) is 0 Å². The van der Waals surface area contributed by atoms with Crippen LogP contribution in [-0.4, -0.2) is 55.7 Å². The highest BCUT2D eigenvalue weighted by Gasteiger charge is 2.26. The smallest absolute Gasteiger partial charge is 0.254 e. The van der Waals surface area contributed by atoms with Gasteiger partial charge >= 0.3 is 0 Å². The average molecular weight is 502 g/mol. The van der Waals surface area contributed by atoms with E-state index in [1.807, 2.05) is 43.0 Å². The number of nitrogens with one attached hydrogen (secondary N) is 2. The Kier molecular flexibility index (Phi) is 11.4. The van der Waals surface area contributed by atoms with Crippen molar-refractivity contribution in [1.29, 1.82) is 0 Å². The molecule has 2 rings (SSSR count). The van der Waals surface area contributed by atoms with Crippen molar-refractivity contribution in [2.75, 3.05) is 26.7 Å². The molecule has 0 spiro atoms. The molecule has 0 aliphatic carbocycles. The van der Waals surface area contributed by atoms with Crippen LogP contribution in [0, 0.1) is 0 Å². The summed E-state index contributed by atoms with van der Waals surface area (Å²) in [4.78, 5) is 18.8. The van der Waals surface area contributed by atoms with Gasteiger partial charge in [-0.1, -0.05) is 31.9 Å². The summed E-state index contributed by atoms with van der Waals surface area (Å²) in [6, 6.07) is 7.80. The van der Waals surface area contributed by atoms with Gasteiger partial charge in [0.1, 0.15) is 0 Å². The third kappa shape index (κ3) is 7.95. The summed E-state index contributed by atoms with van der Waals surface area (Å²) in [5.41, 5.74) is 1.84. The van der Waals surface area contributed by atoms with E-state index in [1.165, 1.54) is 12.8 Å². The maximum atomic E-state index is 12.7. The van der Waals surface area contributed by atoms with Crippen LogP contribution in [0.15, 0.2) is 29.3 Å². The number of ether oxygens (including phenoxy) is 1. The van der Waals surface area contributed by atoms with Gasteiger partial charge in [-0.05, 0) is 38.0 Å². The Hall–Kier alpha value is -1.35. The van der Waals surface area contributed by atoms with Crippen molar-refractivity contribution in [3.8, 4) is 0 Å². The first-order valence-corrected chi connectivity index (χ1v) is 10.0. The number of hydrogen-bond donors (Lipinski definition) is 2. The fraction of sp³-hybridized carbons (Fsp3) is 0.619. The van der Waals surface area contributed by atoms with Gasteiger partial charge in [-0.15, -0.1) is 24.0 Å². The third-order valence-electron chi connectivity index (χ3n) is 4.66. The van der Waals surface area contributed by atoms with Gasteiger partial charge in [0.25, 0.3) is 5.91 Å². The Morgan fingerprint density at radius 1 is 1.14 bits per heavy atom. The Bertz CT molecular complexity index is 611. The van der Waals surface area contributed by atoms with E-state index >= 15 is 0 Å². The molecule has 1 heterocycles. The molecule has 1 fully saturated rings. The number of halogens is 1. The number of unbranched alkanes of at least 4 members (excludes halogenated alkanes) is 2. The molecule has 0 saturated carbocycles. The highest BCUT2D eigenvalue weighted by Crippen LogP contribution is 2.15. The predicted molar refractivity (Wildman–Crippen MR) is 125 cm³/mol. The lowest BCUT2D eigenvalue weighted by molar-refractivity contribution is -0.0586. The molecule has 1 saturated heterocycles. The number of carbonyl (C=O) groups is 1. The number of guanidine groups is 1. The standard InChI is InChI=1S/C21H34N4O2.HI/c1-5-6-7-12-23-21(22-4)24-13-18-8-10-19(11-9-18)20(26)25-14-16(2)27-17(3)15-25;/h8-11,16-17H,5-7,12-15H2,1-4H3,(H2,22,23,24);1H. The molecule has 1 aliphatic rings. The monoisotopic (exact) mass is 502 g/mol. The highest BCUT2D eigenvalue weighted by molar-refractivity contribution is 14.0. The molecule has 2 unspecified atom stereocenters. The minimum absolute atomic E-state index is 0. The summed E-state index contributed by atoms with van der Waals surface area (Å²) in [7, 11) is 1.78. The number of aliphatic imine (C=N–C) groups is 1. The fourth-order valence-electron chi connectivity index (χ4n) is 3.28. The van der Waals surface area contributed by atoms with Gasteiger partial charge in [0.15, 0.2) is 5.96 Å². The first-order chi connectivity index (χ1) is 13.0. The van der Waals surface area contributed by atoms with Crippen molar-refractivity contribution in [2.24, 2.45) is 4.99 Å². The Balaban J connectivity index is 0.00000392. The van der Waals surface area contributed by atoms with Crippen LogP contribution in [-0.2, 0) is 11.3 Å². The molecule has 1 aliphatic heterocycles. The van der Waals surface area contributed by atoms with Crippen LogP contribution >= 0.6 is 24.0 Å². The first-order valence-electron chi connectivity index (χ1n) is 10.0. The molecule has 2 N–H and O–H groups in total. The molecule has 0 aromatic heterocycles. The second kappa shape index (κ2) is 13.0. The van der Waals surface area contributed by atoms with E-state index in [4.69, 9.17) is 4.74 Å². The van der Waals surface area contributed by atoms with Gasteiger partial charge in [-0.2, -0.15) is 0 Å². The van der Waals surface area contributed by atoms with Crippen LogP contribution in [0.2, 0.25) is 0 Å². The Labute approximate surface area is 186 Å². The van der Waals surface area contributed by atoms with Crippen molar-refractivity contribution in [2.45, 2.75) is 58.8 Å². The predicted octanol–water partition coefficient (Wildman–Crippen LogP) is 3.41. The van der Waals surface area contributed by atoms with Crippen molar-refractivity contribution < 1.29 is 9.53 Å². The van der Waals surface area contributed by atoms with E-state index in [0.717, 1.165) is 30.1 Å². The summed E-state index contributed by atoms with van der Waals surface area (Å²) in [6.45, 7) is 9.10. The molecular weight excluding hydrogens is 467 g/mol. The second-order valence-corrected chi connectivity index (χ2v) is 7.22. The molecule has 158 valence electrons. The molecule has 1 aromatic carbocycles. The number of morpholine rings is 1. The second-order valence-electron chi connectivity index (χ2n) is 7.22. The van der Waals surface area contributed by atoms with Crippen LogP contribution in [0.25, 0.3) is 0 Å². The van der Waals surface area contributed by atoms with Crippen molar-refractivity contribution in [3.63, 3.8) is 0 Å². The van der Waals surface area contributed by atoms with E-state index in [1.54, 1.807) is 7.05 Å². The summed E-state index contributed by atoms with van der Waals surface area (Å²) in [5, 5.41) is 6.63.